The first-order valence-electron chi connectivity index (χ1n) is 12.6. The van der Waals surface area contributed by atoms with Gasteiger partial charge in [-0.3, -0.25) is 15.0 Å². The van der Waals surface area contributed by atoms with Crippen molar-refractivity contribution in [2.75, 3.05) is 0 Å². The van der Waals surface area contributed by atoms with Gasteiger partial charge in [0.05, 0.1) is 23.9 Å². The van der Waals surface area contributed by atoms with Crippen molar-refractivity contribution in [2.45, 2.75) is 83.7 Å². The topological polar surface area (TPSA) is 93.1 Å². The van der Waals surface area contributed by atoms with Gasteiger partial charge in [-0.25, -0.2) is 4.79 Å². The van der Waals surface area contributed by atoms with Crippen LogP contribution in [0.4, 0.5) is 18.0 Å². The number of nitrogens with zero attached hydrogens (tertiary/aromatic N) is 2. The molecular weight excluding hydrogens is 499 g/mol. The Morgan fingerprint density at radius 1 is 1.05 bits per heavy atom. The molecular formula is C28H36F3N3O4. The Morgan fingerprint density at radius 3 is 2.18 bits per heavy atom. The van der Waals surface area contributed by atoms with Crippen molar-refractivity contribution < 1.29 is 33.0 Å². The highest BCUT2D eigenvalue weighted by atomic mass is 19.4. The molecule has 1 fully saturated rings. The molecule has 0 saturated carbocycles. The molecule has 7 nitrogen and oxygen atoms in total. The van der Waals surface area contributed by atoms with Gasteiger partial charge in [0.15, 0.2) is 0 Å². The summed E-state index contributed by atoms with van der Waals surface area (Å²) in [6, 6.07) is 11.8. The third-order valence-corrected chi connectivity index (χ3v) is 6.76. The lowest BCUT2D eigenvalue weighted by Gasteiger charge is -2.42. The summed E-state index contributed by atoms with van der Waals surface area (Å²) < 4.78 is 39.8. The number of hydrogen-bond donors (Lipinski definition) is 3. The van der Waals surface area contributed by atoms with E-state index in [2.05, 4.69) is 5.32 Å². The van der Waals surface area contributed by atoms with E-state index in [0.29, 0.717) is 5.56 Å². The van der Waals surface area contributed by atoms with Crippen LogP contribution in [0.15, 0.2) is 54.6 Å². The number of alkyl halides is 3. The van der Waals surface area contributed by atoms with Crippen LogP contribution >= 0.6 is 0 Å². The van der Waals surface area contributed by atoms with E-state index in [1.54, 1.807) is 20.8 Å². The second-order valence-corrected chi connectivity index (χ2v) is 11.1. The van der Waals surface area contributed by atoms with Crippen LogP contribution in [0.5, 0.6) is 0 Å². The predicted molar refractivity (Wildman–Crippen MR) is 137 cm³/mol. The Balaban J connectivity index is 1.95. The number of aliphatic hydroxyl groups is 1. The Hall–Kier alpha value is -3.11. The Bertz CT molecular complexity index is 1120. The van der Waals surface area contributed by atoms with Crippen molar-refractivity contribution >= 4 is 12.0 Å². The van der Waals surface area contributed by atoms with E-state index < -0.39 is 53.6 Å². The maximum atomic E-state index is 13.7. The van der Waals surface area contributed by atoms with Gasteiger partial charge in [0.2, 0.25) is 5.91 Å². The lowest BCUT2D eigenvalue weighted by Crippen LogP contribution is -2.61. The highest BCUT2D eigenvalue weighted by Crippen LogP contribution is 2.32. The molecule has 1 heterocycles. The minimum Gasteiger partial charge on any atom is -0.465 e. The van der Waals surface area contributed by atoms with Gasteiger partial charge in [-0.2, -0.15) is 13.2 Å². The van der Waals surface area contributed by atoms with Crippen LogP contribution in [-0.2, 0) is 23.9 Å². The SMILES string of the molecule is CC(C)C1N[C@@H]([C@H](O)[C@H](Cc2ccccc2)N(C(=O)O)C(C)(C)C)C(=O)N1Cc1cccc(C(F)(F)F)c1. The molecule has 2 aromatic rings. The van der Waals surface area contributed by atoms with E-state index in [9.17, 15) is 33.0 Å². The normalized spacial score (nSPS) is 20.1. The summed E-state index contributed by atoms with van der Waals surface area (Å²) in [5.41, 5.74) is -0.599. The van der Waals surface area contributed by atoms with Crippen molar-refractivity contribution in [1.29, 1.82) is 0 Å². The molecule has 0 aromatic heterocycles. The van der Waals surface area contributed by atoms with E-state index in [1.165, 1.54) is 21.9 Å². The van der Waals surface area contributed by atoms with Crippen LogP contribution in [0, 0.1) is 5.92 Å². The van der Waals surface area contributed by atoms with Crippen molar-refractivity contribution in [2.24, 2.45) is 5.92 Å². The molecule has 1 saturated heterocycles. The van der Waals surface area contributed by atoms with Crippen molar-refractivity contribution in [3.63, 3.8) is 0 Å². The van der Waals surface area contributed by atoms with Gasteiger partial charge in [0.25, 0.3) is 0 Å². The van der Waals surface area contributed by atoms with Gasteiger partial charge in [-0.1, -0.05) is 56.3 Å². The largest absolute Gasteiger partial charge is 0.465 e. The van der Waals surface area contributed by atoms with Crippen LogP contribution < -0.4 is 5.32 Å². The molecule has 0 bridgehead atoms. The lowest BCUT2D eigenvalue weighted by atomic mass is 9.91. The molecule has 1 aliphatic heterocycles. The quantitative estimate of drug-likeness (QED) is 0.454. The van der Waals surface area contributed by atoms with Gasteiger partial charge in [-0.05, 0) is 56.4 Å². The average Bonchev–Trinajstić information content (AvgIpc) is 3.13. The molecule has 10 heteroatoms. The molecule has 1 unspecified atom stereocenters. The molecule has 38 heavy (non-hydrogen) atoms. The fourth-order valence-electron chi connectivity index (χ4n) is 5.05. The van der Waals surface area contributed by atoms with Crippen LogP contribution in [-0.4, -0.2) is 61.9 Å². The molecule has 0 radical (unpaired) electrons. The van der Waals surface area contributed by atoms with Crippen LogP contribution in [0.25, 0.3) is 0 Å². The van der Waals surface area contributed by atoms with Crippen molar-refractivity contribution in [3.8, 4) is 0 Å². The second kappa shape index (κ2) is 11.3. The number of hydrogen-bond acceptors (Lipinski definition) is 4. The number of carboxylic acid groups (broad SMARTS) is 1. The number of amides is 2. The first-order chi connectivity index (χ1) is 17.6. The number of carbonyl (C=O) groups excluding carboxylic acids is 1. The smallest absolute Gasteiger partial charge is 0.416 e. The molecule has 0 spiro atoms. The summed E-state index contributed by atoms with van der Waals surface area (Å²) in [7, 11) is 0. The molecule has 2 aromatic carbocycles. The minimum absolute atomic E-state index is 0.0902. The first kappa shape index (κ1) is 29.4. The molecule has 3 rings (SSSR count). The van der Waals surface area contributed by atoms with Gasteiger partial charge in [0.1, 0.15) is 6.04 Å². The maximum Gasteiger partial charge on any atom is 0.416 e. The number of benzene rings is 2. The van der Waals surface area contributed by atoms with Crippen LogP contribution in [0.1, 0.15) is 51.3 Å². The third-order valence-electron chi connectivity index (χ3n) is 6.76. The number of carbonyl (C=O) groups is 2. The summed E-state index contributed by atoms with van der Waals surface area (Å²) in [6.45, 7) is 8.77. The highest BCUT2D eigenvalue weighted by molar-refractivity contribution is 5.85. The van der Waals surface area contributed by atoms with E-state index in [-0.39, 0.29) is 18.9 Å². The van der Waals surface area contributed by atoms with Gasteiger partial charge < -0.3 is 15.1 Å². The summed E-state index contributed by atoms with van der Waals surface area (Å²) in [5, 5.41) is 24.8. The Kier molecular flexibility index (Phi) is 8.78. The first-order valence-corrected chi connectivity index (χ1v) is 12.6. The van der Waals surface area contributed by atoms with Gasteiger partial charge in [0, 0.05) is 12.1 Å². The predicted octanol–water partition coefficient (Wildman–Crippen LogP) is 4.74. The molecule has 1 aliphatic rings. The number of halogens is 3. The van der Waals surface area contributed by atoms with Crippen LogP contribution in [0.2, 0.25) is 0 Å². The van der Waals surface area contributed by atoms with E-state index in [4.69, 9.17) is 0 Å². The summed E-state index contributed by atoms with van der Waals surface area (Å²) >= 11 is 0. The average molecular weight is 536 g/mol. The zero-order valence-electron chi connectivity index (χ0n) is 22.2. The zero-order valence-corrected chi connectivity index (χ0v) is 22.2. The van der Waals surface area contributed by atoms with E-state index in [1.807, 2.05) is 44.2 Å². The van der Waals surface area contributed by atoms with E-state index >= 15 is 0 Å². The Labute approximate surface area is 221 Å². The number of rotatable bonds is 8. The number of nitrogens with one attached hydrogen (secondary N) is 1. The fourth-order valence-corrected chi connectivity index (χ4v) is 5.05. The third kappa shape index (κ3) is 6.66. The van der Waals surface area contributed by atoms with Crippen LogP contribution in [0.3, 0.4) is 0 Å². The van der Waals surface area contributed by atoms with Crippen molar-refractivity contribution in [1.82, 2.24) is 15.1 Å². The molecule has 3 N–H and O–H groups in total. The minimum atomic E-state index is -4.52. The van der Waals surface area contributed by atoms with Crippen molar-refractivity contribution in [3.05, 3.63) is 71.3 Å². The number of aliphatic hydroxyl groups excluding tert-OH is 1. The second-order valence-electron chi connectivity index (χ2n) is 11.1. The van der Waals surface area contributed by atoms with Gasteiger partial charge in [-0.15, -0.1) is 0 Å². The molecule has 4 atom stereocenters. The summed E-state index contributed by atoms with van der Waals surface area (Å²) in [5.74, 6) is -0.626. The fraction of sp³-hybridized carbons (Fsp3) is 0.500. The summed E-state index contributed by atoms with van der Waals surface area (Å²) in [6.07, 6.45) is -7.58. The standard InChI is InChI=1S/C28H36F3N3O4/c1-17(2)24-32-22(25(36)33(24)16-19-12-9-13-20(14-19)28(29,30)31)23(35)21(15-18-10-7-6-8-11-18)34(26(37)38)27(3,4)5/h6-14,17,21-24,32,35H,15-16H2,1-5H3,(H,37,38)/t21-,22-,23+,24?/m0/s1. The zero-order chi connectivity index (χ0) is 28.4. The van der Waals surface area contributed by atoms with Gasteiger partial charge >= 0.3 is 12.3 Å². The monoisotopic (exact) mass is 535 g/mol. The molecule has 0 aliphatic carbocycles. The highest BCUT2D eigenvalue weighted by Gasteiger charge is 2.49. The van der Waals surface area contributed by atoms with E-state index in [0.717, 1.165) is 17.7 Å². The molecule has 2 amide bonds. The lowest BCUT2D eigenvalue weighted by molar-refractivity contribution is -0.137. The summed E-state index contributed by atoms with van der Waals surface area (Å²) in [4.78, 5) is 28.6. The molecule has 208 valence electrons. The maximum absolute atomic E-state index is 13.7. The Morgan fingerprint density at radius 2 is 1.66 bits per heavy atom.